The standard InChI is InChI=1S/C26H32N2/c1-3-8-19(9-4-1)16-17-27-25-13-7-12-22-23-18-21(20-10-5-2-6-11-20)14-15-24(23)28-26(22)25/h1,3-4,8-9,14-15,18,20,25,27-28H,2,5-7,10-13,16-17H2/p+1/t25-/m1/s1. The zero-order valence-electron chi connectivity index (χ0n) is 16.9. The van der Waals surface area contributed by atoms with Gasteiger partial charge in [0.2, 0.25) is 0 Å². The molecule has 5 rings (SSSR count). The second-order valence-corrected chi connectivity index (χ2v) is 8.92. The molecular formula is C26H33N2+. The first-order chi connectivity index (χ1) is 13.9. The molecule has 0 unspecified atom stereocenters. The van der Waals surface area contributed by atoms with Gasteiger partial charge in [-0.2, -0.15) is 0 Å². The van der Waals surface area contributed by atoms with Crippen molar-refractivity contribution in [2.75, 3.05) is 6.54 Å². The van der Waals surface area contributed by atoms with Crippen LogP contribution in [0.5, 0.6) is 0 Å². The quantitative estimate of drug-likeness (QED) is 0.600. The van der Waals surface area contributed by atoms with Gasteiger partial charge in [0.25, 0.3) is 0 Å². The summed E-state index contributed by atoms with van der Waals surface area (Å²) >= 11 is 0. The number of hydrogen-bond donors (Lipinski definition) is 2. The summed E-state index contributed by atoms with van der Waals surface area (Å²) in [5, 5.41) is 4.09. The molecule has 1 fully saturated rings. The van der Waals surface area contributed by atoms with E-state index in [0.717, 1.165) is 18.9 Å². The van der Waals surface area contributed by atoms with Crippen molar-refractivity contribution in [1.29, 1.82) is 0 Å². The van der Waals surface area contributed by atoms with Crippen molar-refractivity contribution in [3.8, 4) is 0 Å². The van der Waals surface area contributed by atoms with Gasteiger partial charge in [0.15, 0.2) is 0 Å². The Morgan fingerprint density at radius 1 is 0.893 bits per heavy atom. The highest BCUT2D eigenvalue weighted by Gasteiger charge is 2.27. The molecule has 0 amide bonds. The molecule has 1 aromatic heterocycles. The van der Waals surface area contributed by atoms with Gasteiger partial charge in [-0.3, -0.25) is 0 Å². The van der Waals surface area contributed by atoms with Crippen molar-refractivity contribution in [2.45, 2.75) is 69.7 Å². The normalized spacial score (nSPS) is 20.4. The first kappa shape index (κ1) is 18.0. The van der Waals surface area contributed by atoms with E-state index >= 15 is 0 Å². The van der Waals surface area contributed by atoms with Crippen LogP contribution < -0.4 is 5.32 Å². The Morgan fingerprint density at radius 2 is 1.75 bits per heavy atom. The van der Waals surface area contributed by atoms with E-state index in [4.69, 9.17) is 0 Å². The first-order valence-corrected chi connectivity index (χ1v) is 11.4. The van der Waals surface area contributed by atoms with Crippen molar-refractivity contribution in [3.05, 3.63) is 70.9 Å². The molecule has 146 valence electrons. The van der Waals surface area contributed by atoms with E-state index in [-0.39, 0.29) is 0 Å². The second kappa shape index (κ2) is 8.13. The van der Waals surface area contributed by atoms with Crippen molar-refractivity contribution >= 4 is 10.9 Å². The van der Waals surface area contributed by atoms with Gasteiger partial charge in [0, 0.05) is 23.7 Å². The van der Waals surface area contributed by atoms with Gasteiger partial charge < -0.3 is 10.3 Å². The van der Waals surface area contributed by atoms with Crippen LogP contribution in [0.3, 0.4) is 0 Å². The number of benzene rings is 2. The average Bonchev–Trinajstić information content (AvgIpc) is 3.14. The molecule has 2 heteroatoms. The molecule has 1 atom stereocenters. The van der Waals surface area contributed by atoms with Gasteiger partial charge in [-0.25, -0.2) is 0 Å². The summed E-state index contributed by atoms with van der Waals surface area (Å²) in [5.41, 5.74) is 7.51. The molecule has 28 heavy (non-hydrogen) atoms. The molecule has 3 N–H and O–H groups in total. The molecular weight excluding hydrogens is 340 g/mol. The minimum absolute atomic E-state index is 0.595. The van der Waals surface area contributed by atoms with E-state index in [1.54, 1.807) is 11.1 Å². The number of aromatic amines is 1. The van der Waals surface area contributed by atoms with E-state index in [1.807, 2.05) is 0 Å². The van der Waals surface area contributed by atoms with Crippen LogP contribution >= 0.6 is 0 Å². The number of aryl methyl sites for hydroxylation is 1. The monoisotopic (exact) mass is 373 g/mol. The maximum atomic E-state index is 3.81. The van der Waals surface area contributed by atoms with Gasteiger partial charge in [-0.05, 0) is 60.4 Å². The number of quaternary nitrogens is 1. The summed E-state index contributed by atoms with van der Waals surface area (Å²) in [5.74, 6) is 0.792. The molecule has 3 aromatic rings. The minimum Gasteiger partial charge on any atom is -0.353 e. The van der Waals surface area contributed by atoms with Crippen LogP contribution in [0.2, 0.25) is 0 Å². The largest absolute Gasteiger partial charge is 0.353 e. The Bertz CT molecular complexity index is 918. The van der Waals surface area contributed by atoms with Crippen LogP contribution in [0.15, 0.2) is 48.5 Å². The van der Waals surface area contributed by atoms with E-state index in [2.05, 4.69) is 58.8 Å². The Kier molecular flexibility index (Phi) is 5.22. The topological polar surface area (TPSA) is 32.4 Å². The molecule has 0 saturated heterocycles. The maximum absolute atomic E-state index is 3.81. The second-order valence-electron chi connectivity index (χ2n) is 8.92. The third-order valence-electron chi connectivity index (χ3n) is 7.08. The lowest BCUT2D eigenvalue weighted by molar-refractivity contribution is -0.697. The summed E-state index contributed by atoms with van der Waals surface area (Å²) in [6, 6.07) is 18.8. The van der Waals surface area contributed by atoms with E-state index in [9.17, 15) is 0 Å². The fraction of sp³-hybridized carbons (Fsp3) is 0.462. The van der Waals surface area contributed by atoms with Crippen LogP contribution in [-0.4, -0.2) is 11.5 Å². The lowest BCUT2D eigenvalue weighted by atomic mass is 9.83. The number of hydrogen-bond acceptors (Lipinski definition) is 0. The van der Waals surface area contributed by atoms with E-state index < -0.39 is 0 Å². The molecule has 0 aliphatic heterocycles. The van der Waals surface area contributed by atoms with Crippen LogP contribution in [0.1, 0.15) is 79.3 Å². The highest BCUT2D eigenvalue weighted by Crippen LogP contribution is 2.37. The summed E-state index contributed by atoms with van der Waals surface area (Å²) < 4.78 is 0. The highest BCUT2D eigenvalue weighted by molar-refractivity contribution is 5.86. The fourth-order valence-corrected chi connectivity index (χ4v) is 5.54. The minimum atomic E-state index is 0.595. The SMILES string of the molecule is c1ccc(CC[NH2+][C@@H]2CCCc3c2[nH]c2ccc(C4CCCCC4)cc32)cc1. The zero-order valence-corrected chi connectivity index (χ0v) is 16.9. The predicted molar refractivity (Wildman–Crippen MR) is 117 cm³/mol. The molecule has 0 bridgehead atoms. The first-order valence-electron chi connectivity index (χ1n) is 11.4. The molecule has 1 heterocycles. The summed E-state index contributed by atoms with van der Waals surface area (Å²) in [4.78, 5) is 3.81. The predicted octanol–water partition coefficient (Wildman–Crippen LogP) is 5.40. The van der Waals surface area contributed by atoms with Gasteiger partial charge in [0.1, 0.15) is 6.04 Å². The summed E-state index contributed by atoms with van der Waals surface area (Å²) in [6.07, 6.45) is 12.0. The number of nitrogens with one attached hydrogen (secondary N) is 1. The molecule has 0 spiro atoms. The van der Waals surface area contributed by atoms with Crippen molar-refractivity contribution in [2.24, 2.45) is 0 Å². The van der Waals surface area contributed by atoms with E-state index in [0.29, 0.717) is 6.04 Å². The van der Waals surface area contributed by atoms with Gasteiger partial charge in [-0.15, -0.1) is 0 Å². The number of nitrogens with two attached hydrogens (primary N) is 1. The van der Waals surface area contributed by atoms with Crippen LogP contribution in [0, 0.1) is 0 Å². The molecule has 2 aromatic carbocycles. The third kappa shape index (κ3) is 3.63. The van der Waals surface area contributed by atoms with Gasteiger partial charge in [0.05, 0.1) is 12.2 Å². The highest BCUT2D eigenvalue weighted by atomic mass is 14.9. The number of H-pyrrole nitrogens is 1. The van der Waals surface area contributed by atoms with E-state index in [1.165, 1.54) is 73.5 Å². The fourth-order valence-electron chi connectivity index (χ4n) is 5.54. The summed E-state index contributed by atoms with van der Waals surface area (Å²) in [6.45, 7) is 1.16. The van der Waals surface area contributed by atoms with Crippen LogP contribution in [0.4, 0.5) is 0 Å². The Morgan fingerprint density at radius 3 is 2.61 bits per heavy atom. The smallest absolute Gasteiger partial charge is 0.127 e. The molecule has 2 aliphatic carbocycles. The lowest BCUT2D eigenvalue weighted by Gasteiger charge is -2.22. The van der Waals surface area contributed by atoms with Gasteiger partial charge >= 0.3 is 0 Å². The molecule has 2 nitrogen and oxygen atoms in total. The Hall–Kier alpha value is -2.06. The van der Waals surface area contributed by atoms with Crippen molar-refractivity contribution in [1.82, 2.24) is 4.98 Å². The van der Waals surface area contributed by atoms with Crippen LogP contribution in [-0.2, 0) is 12.8 Å². The van der Waals surface area contributed by atoms with Crippen LogP contribution in [0.25, 0.3) is 10.9 Å². The Labute approximate surface area is 168 Å². The number of fused-ring (bicyclic) bond motifs is 3. The third-order valence-corrected chi connectivity index (χ3v) is 7.08. The van der Waals surface area contributed by atoms with Gasteiger partial charge in [-0.1, -0.05) is 55.7 Å². The molecule has 2 aliphatic rings. The zero-order chi connectivity index (χ0) is 18.8. The molecule has 1 saturated carbocycles. The van der Waals surface area contributed by atoms with Crippen molar-refractivity contribution in [3.63, 3.8) is 0 Å². The maximum Gasteiger partial charge on any atom is 0.127 e. The average molecular weight is 374 g/mol. The van der Waals surface area contributed by atoms with Crippen molar-refractivity contribution < 1.29 is 5.32 Å². The number of rotatable bonds is 5. The summed E-state index contributed by atoms with van der Waals surface area (Å²) in [7, 11) is 0. The molecule has 0 radical (unpaired) electrons. The lowest BCUT2D eigenvalue weighted by Crippen LogP contribution is -2.86. The number of aromatic nitrogens is 1. The Balaban J connectivity index is 1.35.